The normalized spacial score (nSPS) is 11.6. The second kappa shape index (κ2) is 2.44. The summed E-state index contributed by atoms with van der Waals surface area (Å²) in [6.45, 7) is 0. The van der Waals surface area contributed by atoms with E-state index in [9.17, 15) is 17.6 Å². The third kappa shape index (κ3) is 1.63. The van der Waals surface area contributed by atoms with E-state index in [1.54, 1.807) is 0 Å². The van der Waals surface area contributed by atoms with Crippen molar-refractivity contribution < 1.29 is 17.6 Å². The van der Waals surface area contributed by atoms with Gasteiger partial charge in [-0.1, -0.05) is 0 Å². The SMILES string of the molecule is Fc1[c]ncnc1C(F)(F)F. The minimum Gasteiger partial charge on any atom is -0.231 e. The molecule has 2 nitrogen and oxygen atoms in total. The molecule has 0 saturated carbocycles. The van der Waals surface area contributed by atoms with Gasteiger partial charge < -0.3 is 0 Å². The molecule has 1 aromatic rings. The largest absolute Gasteiger partial charge is 0.436 e. The van der Waals surface area contributed by atoms with E-state index < -0.39 is 17.7 Å². The topological polar surface area (TPSA) is 25.8 Å². The summed E-state index contributed by atoms with van der Waals surface area (Å²) in [5.41, 5.74) is -1.59. The second-order valence-electron chi connectivity index (χ2n) is 1.65. The molecule has 0 atom stereocenters. The van der Waals surface area contributed by atoms with Gasteiger partial charge in [-0.15, -0.1) is 0 Å². The van der Waals surface area contributed by atoms with Crippen molar-refractivity contribution in [2.75, 3.05) is 0 Å². The van der Waals surface area contributed by atoms with Gasteiger partial charge >= 0.3 is 6.18 Å². The molecule has 0 aliphatic carbocycles. The highest BCUT2D eigenvalue weighted by molar-refractivity contribution is 5.04. The Morgan fingerprint density at radius 2 is 2.00 bits per heavy atom. The van der Waals surface area contributed by atoms with Crippen molar-refractivity contribution in [3.05, 3.63) is 24.0 Å². The minimum absolute atomic E-state index is 0.589. The van der Waals surface area contributed by atoms with Crippen LogP contribution in [0.4, 0.5) is 17.6 Å². The summed E-state index contributed by atoms with van der Waals surface area (Å²) >= 11 is 0. The van der Waals surface area contributed by atoms with Gasteiger partial charge in [0, 0.05) is 0 Å². The first-order chi connectivity index (χ1) is 5.02. The molecular formula is C5HF4N2. The monoisotopic (exact) mass is 165 g/mol. The van der Waals surface area contributed by atoms with Crippen LogP contribution in [0.5, 0.6) is 0 Å². The van der Waals surface area contributed by atoms with E-state index in [2.05, 4.69) is 9.97 Å². The zero-order chi connectivity index (χ0) is 8.48. The van der Waals surface area contributed by atoms with Gasteiger partial charge in [0.25, 0.3) is 0 Å². The Morgan fingerprint density at radius 1 is 1.36 bits per heavy atom. The molecule has 59 valence electrons. The molecule has 0 aliphatic heterocycles. The minimum atomic E-state index is -4.77. The van der Waals surface area contributed by atoms with Crippen LogP contribution in [0.1, 0.15) is 5.69 Å². The molecule has 0 saturated heterocycles. The van der Waals surface area contributed by atoms with Crippen LogP contribution in [0, 0.1) is 12.0 Å². The van der Waals surface area contributed by atoms with Gasteiger partial charge in [0.05, 0.1) is 0 Å². The van der Waals surface area contributed by atoms with Crippen LogP contribution in [0.15, 0.2) is 6.33 Å². The Kier molecular flexibility index (Phi) is 1.76. The molecule has 0 unspecified atom stereocenters. The van der Waals surface area contributed by atoms with Crippen molar-refractivity contribution in [3.63, 3.8) is 0 Å². The summed E-state index contributed by atoms with van der Waals surface area (Å²) in [6, 6.07) is 0. The summed E-state index contributed by atoms with van der Waals surface area (Å²) in [7, 11) is 0. The van der Waals surface area contributed by atoms with Crippen molar-refractivity contribution in [2.24, 2.45) is 0 Å². The van der Waals surface area contributed by atoms with E-state index in [4.69, 9.17) is 0 Å². The Bertz CT molecular complexity index is 257. The number of nitrogens with zero attached hydrogens (tertiary/aromatic N) is 2. The molecule has 0 bridgehead atoms. The molecule has 6 heteroatoms. The molecular weight excluding hydrogens is 164 g/mol. The van der Waals surface area contributed by atoms with E-state index in [1.807, 2.05) is 0 Å². The highest BCUT2D eigenvalue weighted by Gasteiger charge is 2.36. The fraction of sp³-hybridized carbons (Fsp3) is 0.200. The summed E-state index contributed by atoms with van der Waals surface area (Å²) in [5, 5.41) is 0. The summed E-state index contributed by atoms with van der Waals surface area (Å²) in [4.78, 5) is 5.65. The Labute approximate surface area is 58.9 Å². The van der Waals surface area contributed by atoms with Gasteiger partial charge in [0.1, 0.15) is 12.5 Å². The fourth-order valence-corrected chi connectivity index (χ4v) is 0.479. The van der Waals surface area contributed by atoms with Crippen LogP contribution in [-0.2, 0) is 6.18 Å². The summed E-state index contributed by atoms with van der Waals surface area (Å²) in [5.74, 6) is -1.58. The lowest BCUT2D eigenvalue weighted by Crippen LogP contribution is -2.11. The number of halogens is 4. The first-order valence-corrected chi connectivity index (χ1v) is 2.47. The van der Waals surface area contributed by atoms with Crippen molar-refractivity contribution >= 4 is 0 Å². The number of rotatable bonds is 0. The van der Waals surface area contributed by atoms with Crippen LogP contribution in [0.3, 0.4) is 0 Å². The van der Waals surface area contributed by atoms with Gasteiger partial charge in [-0.3, -0.25) is 0 Å². The first-order valence-electron chi connectivity index (χ1n) is 2.47. The molecule has 1 aromatic heterocycles. The molecule has 11 heavy (non-hydrogen) atoms. The third-order valence-electron chi connectivity index (χ3n) is 0.884. The maximum absolute atomic E-state index is 12.2. The van der Waals surface area contributed by atoms with Gasteiger partial charge in [0.15, 0.2) is 11.5 Å². The highest BCUT2D eigenvalue weighted by atomic mass is 19.4. The Balaban J connectivity index is 3.14. The number of hydrogen-bond acceptors (Lipinski definition) is 2. The van der Waals surface area contributed by atoms with E-state index in [-0.39, 0.29) is 0 Å². The molecule has 0 aliphatic rings. The van der Waals surface area contributed by atoms with Gasteiger partial charge in [-0.05, 0) is 0 Å². The third-order valence-corrected chi connectivity index (χ3v) is 0.884. The second-order valence-corrected chi connectivity index (χ2v) is 1.65. The van der Waals surface area contributed by atoms with Gasteiger partial charge in [-0.25, -0.2) is 14.4 Å². The first kappa shape index (κ1) is 7.90. The highest BCUT2D eigenvalue weighted by Crippen LogP contribution is 2.28. The average Bonchev–Trinajstić information content (AvgIpc) is 1.86. The van der Waals surface area contributed by atoms with Gasteiger partial charge in [0.2, 0.25) is 0 Å². The maximum atomic E-state index is 12.2. The smallest absolute Gasteiger partial charge is 0.231 e. The van der Waals surface area contributed by atoms with Crippen LogP contribution in [0.2, 0.25) is 0 Å². The Hall–Kier alpha value is -1.20. The van der Waals surface area contributed by atoms with Crippen LogP contribution in [0.25, 0.3) is 0 Å². The van der Waals surface area contributed by atoms with Crippen LogP contribution >= 0.6 is 0 Å². The van der Waals surface area contributed by atoms with E-state index in [0.717, 1.165) is 0 Å². The van der Waals surface area contributed by atoms with Crippen LogP contribution in [-0.4, -0.2) is 9.97 Å². The number of aromatic nitrogens is 2. The predicted octanol–water partition coefficient (Wildman–Crippen LogP) is 1.43. The van der Waals surface area contributed by atoms with E-state index in [1.165, 1.54) is 6.20 Å². The van der Waals surface area contributed by atoms with Crippen molar-refractivity contribution in [3.8, 4) is 0 Å². The number of hydrogen-bond donors (Lipinski definition) is 0. The van der Waals surface area contributed by atoms with Gasteiger partial charge in [-0.2, -0.15) is 13.2 Å². The molecule has 0 aromatic carbocycles. The molecule has 0 amide bonds. The zero-order valence-corrected chi connectivity index (χ0v) is 4.98. The number of alkyl halides is 3. The van der Waals surface area contributed by atoms with Crippen molar-refractivity contribution in [1.29, 1.82) is 0 Å². The maximum Gasteiger partial charge on any atom is 0.436 e. The summed E-state index contributed by atoms with van der Waals surface area (Å²) < 4.78 is 47.3. The molecule has 1 heterocycles. The fourth-order valence-electron chi connectivity index (χ4n) is 0.479. The molecule has 1 rings (SSSR count). The van der Waals surface area contributed by atoms with E-state index in [0.29, 0.717) is 6.33 Å². The summed E-state index contributed by atoms with van der Waals surface area (Å²) in [6.07, 6.45) is -2.68. The predicted molar refractivity (Wildman–Crippen MR) is 25.8 cm³/mol. The van der Waals surface area contributed by atoms with Crippen molar-refractivity contribution in [2.45, 2.75) is 6.18 Å². The standard InChI is InChI=1S/C5HF4N2/c6-3-1-10-2-11-4(3)5(7,8)9/h2H. The molecule has 0 N–H and O–H groups in total. The molecule has 0 spiro atoms. The zero-order valence-electron chi connectivity index (χ0n) is 4.98. The molecule has 0 fully saturated rings. The lowest BCUT2D eigenvalue weighted by atomic mass is 10.4. The van der Waals surface area contributed by atoms with E-state index >= 15 is 0 Å². The average molecular weight is 165 g/mol. The Morgan fingerprint density at radius 3 is 2.36 bits per heavy atom. The lowest BCUT2D eigenvalue weighted by molar-refractivity contribution is -0.143. The lowest BCUT2D eigenvalue weighted by Gasteiger charge is -2.03. The van der Waals surface area contributed by atoms with Crippen molar-refractivity contribution in [1.82, 2.24) is 9.97 Å². The van der Waals surface area contributed by atoms with Crippen LogP contribution < -0.4 is 0 Å². The molecule has 1 radical (unpaired) electrons. The quantitative estimate of drug-likeness (QED) is 0.543.